The summed E-state index contributed by atoms with van der Waals surface area (Å²) >= 11 is 0. The summed E-state index contributed by atoms with van der Waals surface area (Å²) in [5, 5.41) is 0. The Morgan fingerprint density at radius 3 is 2.41 bits per heavy atom. The summed E-state index contributed by atoms with van der Waals surface area (Å²) in [5.74, 6) is -0.0824. The quantitative estimate of drug-likeness (QED) is 0.633. The Morgan fingerprint density at radius 1 is 0.963 bits per heavy atom. The first-order valence-electron chi connectivity index (χ1n) is 9.18. The average molecular weight is 359 g/mol. The molecule has 0 bridgehead atoms. The van der Waals surface area contributed by atoms with Crippen LogP contribution in [0.15, 0.2) is 72.9 Å². The standard InChI is InChI=1S/C23H25N3O/c1-4-26(20-12-8-9-18(2)15-20)21-13-14-24-22(16-21)23(27)25(3)17-19-10-6-5-7-11-19/h5-16H,4,17H2,1-3H3. The van der Waals surface area contributed by atoms with E-state index in [1.807, 2.05) is 55.6 Å². The minimum Gasteiger partial charge on any atom is -0.342 e. The zero-order valence-electron chi connectivity index (χ0n) is 16.1. The van der Waals surface area contributed by atoms with E-state index in [1.54, 1.807) is 11.1 Å². The summed E-state index contributed by atoms with van der Waals surface area (Å²) in [6, 6.07) is 22.1. The molecule has 3 aromatic rings. The van der Waals surface area contributed by atoms with Gasteiger partial charge in [-0.3, -0.25) is 9.78 Å². The molecule has 4 nitrogen and oxygen atoms in total. The number of pyridine rings is 1. The number of rotatable bonds is 6. The molecule has 1 amide bonds. The molecular weight excluding hydrogens is 334 g/mol. The van der Waals surface area contributed by atoms with E-state index in [2.05, 4.69) is 41.9 Å². The molecule has 3 rings (SSSR count). The molecule has 1 aromatic heterocycles. The maximum atomic E-state index is 12.8. The number of carbonyl (C=O) groups excluding carboxylic acids is 1. The third-order valence-corrected chi connectivity index (χ3v) is 4.51. The molecule has 0 saturated heterocycles. The van der Waals surface area contributed by atoms with E-state index in [-0.39, 0.29) is 5.91 Å². The lowest BCUT2D eigenvalue weighted by Crippen LogP contribution is -2.27. The molecule has 4 heteroatoms. The second-order valence-corrected chi connectivity index (χ2v) is 6.63. The third-order valence-electron chi connectivity index (χ3n) is 4.51. The number of anilines is 2. The Hall–Kier alpha value is -3.14. The van der Waals surface area contributed by atoms with Crippen LogP contribution in [0.1, 0.15) is 28.5 Å². The zero-order valence-corrected chi connectivity index (χ0v) is 16.1. The molecule has 2 aromatic carbocycles. The molecule has 1 heterocycles. The monoisotopic (exact) mass is 359 g/mol. The van der Waals surface area contributed by atoms with Crippen molar-refractivity contribution in [1.82, 2.24) is 9.88 Å². The van der Waals surface area contributed by atoms with Gasteiger partial charge in [0.15, 0.2) is 0 Å². The van der Waals surface area contributed by atoms with Crippen LogP contribution in [0.4, 0.5) is 11.4 Å². The van der Waals surface area contributed by atoms with Gasteiger partial charge in [-0.25, -0.2) is 0 Å². The van der Waals surface area contributed by atoms with Gasteiger partial charge in [0.05, 0.1) is 0 Å². The van der Waals surface area contributed by atoms with Crippen LogP contribution >= 0.6 is 0 Å². The molecule has 0 radical (unpaired) electrons. The van der Waals surface area contributed by atoms with E-state index in [4.69, 9.17) is 0 Å². The first-order chi connectivity index (χ1) is 13.1. The number of nitrogens with zero attached hydrogens (tertiary/aromatic N) is 3. The van der Waals surface area contributed by atoms with Gasteiger partial charge >= 0.3 is 0 Å². The molecule has 0 N–H and O–H groups in total. The summed E-state index contributed by atoms with van der Waals surface area (Å²) in [6.45, 7) is 5.55. The topological polar surface area (TPSA) is 36.4 Å². The molecule has 27 heavy (non-hydrogen) atoms. The van der Waals surface area contributed by atoms with Crippen molar-refractivity contribution in [2.24, 2.45) is 0 Å². The Bertz CT molecular complexity index is 908. The highest BCUT2D eigenvalue weighted by Gasteiger charge is 2.16. The van der Waals surface area contributed by atoms with Crippen molar-refractivity contribution in [2.75, 3.05) is 18.5 Å². The van der Waals surface area contributed by atoms with E-state index in [9.17, 15) is 4.79 Å². The zero-order chi connectivity index (χ0) is 19.2. The van der Waals surface area contributed by atoms with Crippen molar-refractivity contribution in [3.8, 4) is 0 Å². The number of benzene rings is 2. The molecule has 0 aliphatic carbocycles. The van der Waals surface area contributed by atoms with Crippen LogP contribution in [0.3, 0.4) is 0 Å². The lowest BCUT2D eigenvalue weighted by Gasteiger charge is -2.24. The summed E-state index contributed by atoms with van der Waals surface area (Å²) in [5.41, 5.74) is 4.84. The maximum Gasteiger partial charge on any atom is 0.272 e. The van der Waals surface area contributed by atoms with Crippen LogP contribution in [-0.4, -0.2) is 29.4 Å². The summed E-state index contributed by atoms with van der Waals surface area (Å²) < 4.78 is 0. The maximum absolute atomic E-state index is 12.8. The number of carbonyl (C=O) groups is 1. The van der Waals surface area contributed by atoms with Crippen molar-refractivity contribution in [3.63, 3.8) is 0 Å². The van der Waals surface area contributed by atoms with Gasteiger partial charge in [0, 0.05) is 37.7 Å². The second-order valence-electron chi connectivity index (χ2n) is 6.63. The molecule has 0 aliphatic rings. The van der Waals surface area contributed by atoms with Crippen LogP contribution < -0.4 is 4.90 Å². The van der Waals surface area contributed by atoms with E-state index in [0.29, 0.717) is 12.2 Å². The number of hydrogen-bond donors (Lipinski definition) is 0. The van der Waals surface area contributed by atoms with Gasteiger partial charge in [-0.1, -0.05) is 42.5 Å². The second kappa shape index (κ2) is 8.49. The fourth-order valence-corrected chi connectivity index (χ4v) is 3.14. The highest BCUT2D eigenvalue weighted by atomic mass is 16.2. The minimum absolute atomic E-state index is 0.0824. The number of amides is 1. The molecule has 138 valence electrons. The fraction of sp³-hybridized carbons (Fsp3) is 0.217. The molecule has 0 atom stereocenters. The van der Waals surface area contributed by atoms with Crippen molar-refractivity contribution in [3.05, 3.63) is 89.7 Å². The van der Waals surface area contributed by atoms with E-state index in [0.717, 1.165) is 23.5 Å². The van der Waals surface area contributed by atoms with Crippen LogP contribution in [0, 0.1) is 6.92 Å². The van der Waals surface area contributed by atoms with Gasteiger partial charge < -0.3 is 9.80 Å². The fourth-order valence-electron chi connectivity index (χ4n) is 3.14. The predicted octanol–water partition coefficient (Wildman–Crippen LogP) is 4.82. The van der Waals surface area contributed by atoms with Crippen molar-refractivity contribution in [2.45, 2.75) is 20.4 Å². The summed E-state index contributed by atoms with van der Waals surface area (Å²) in [6.07, 6.45) is 1.71. The normalized spacial score (nSPS) is 10.5. The molecule has 0 aliphatic heterocycles. The predicted molar refractivity (Wildman–Crippen MR) is 110 cm³/mol. The van der Waals surface area contributed by atoms with Gasteiger partial charge in [0.2, 0.25) is 0 Å². The first-order valence-corrected chi connectivity index (χ1v) is 9.18. The van der Waals surface area contributed by atoms with Crippen LogP contribution in [0.25, 0.3) is 0 Å². The Morgan fingerprint density at radius 2 is 1.70 bits per heavy atom. The van der Waals surface area contributed by atoms with Crippen molar-refractivity contribution < 1.29 is 4.79 Å². The van der Waals surface area contributed by atoms with E-state index in [1.165, 1.54) is 5.56 Å². The Balaban J connectivity index is 1.82. The highest BCUT2D eigenvalue weighted by molar-refractivity contribution is 5.93. The average Bonchev–Trinajstić information content (AvgIpc) is 2.69. The SMILES string of the molecule is CCN(c1cccc(C)c1)c1ccnc(C(=O)N(C)Cc2ccccc2)c1. The van der Waals surface area contributed by atoms with E-state index < -0.39 is 0 Å². The lowest BCUT2D eigenvalue weighted by atomic mass is 10.2. The van der Waals surface area contributed by atoms with Crippen LogP contribution in [-0.2, 0) is 6.54 Å². The highest BCUT2D eigenvalue weighted by Crippen LogP contribution is 2.26. The van der Waals surface area contributed by atoms with Gasteiger partial charge in [0.25, 0.3) is 5.91 Å². The van der Waals surface area contributed by atoms with Crippen molar-refractivity contribution >= 4 is 17.3 Å². The van der Waals surface area contributed by atoms with Crippen LogP contribution in [0.2, 0.25) is 0 Å². The van der Waals surface area contributed by atoms with E-state index >= 15 is 0 Å². The molecule has 0 spiro atoms. The minimum atomic E-state index is -0.0824. The molecule has 0 unspecified atom stereocenters. The summed E-state index contributed by atoms with van der Waals surface area (Å²) in [7, 11) is 1.81. The van der Waals surface area contributed by atoms with Gasteiger partial charge in [0.1, 0.15) is 5.69 Å². The lowest BCUT2D eigenvalue weighted by molar-refractivity contribution is 0.0779. The molecule has 0 saturated carbocycles. The third kappa shape index (κ3) is 4.53. The Labute approximate surface area is 161 Å². The van der Waals surface area contributed by atoms with Crippen LogP contribution in [0.5, 0.6) is 0 Å². The smallest absolute Gasteiger partial charge is 0.272 e. The van der Waals surface area contributed by atoms with Gasteiger partial charge in [-0.05, 0) is 49.2 Å². The summed E-state index contributed by atoms with van der Waals surface area (Å²) in [4.78, 5) is 21.0. The van der Waals surface area contributed by atoms with Gasteiger partial charge in [-0.2, -0.15) is 0 Å². The number of hydrogen-bond acceptors (Lipinski definition) is 3. The number of aryl methyl sites for hydroxylation is 1. The van der Waals surface area contributed by atoms with Crippen molar-refractivity contribution in [1.29, 1.82) is 0 Å². The largest absolute Gasteiger partial charge is 0.342 e. The number of aromatic nitrogens is 1. The van der Waals surface area contributed by atoms with Gasteiger partial charge in [-0.15, -0.1) is 0 Å². The first kappa shape index (κ1) is 18.6. The molecule has 0 fully saturated rings. The Kier molecular flexibility index (Phi) is 5.87. The molecular formula is C23H25N3O.